The minimum Gasteiger partial charge on any atom is -0.330 e. The van der Waals surface area contributed by atoms with Gasteiger partial charge in [-0.3, -0.25) is 24.4 Å². The number of nitriles is 1. The number of aromatic nitrogens is 4. The highest BCUT2D eigenvalue weighted by molar-refractivity contribution is 7.80. The van der Waals surface area contributed by atoms with Gasteiger partial charge in [-0.25, -0.2) is 14.9 Å². The number of anilines is 1. The first-order chi connectivity index (χ1) is 20.3. The summed E-state index contributed by atoms with van der Waals surface area (Å²) >= 11 is 5.47. The van der Waals surface area contributed by atoms with Crippen molar-refractivity contribution >= 4 is 34.8 Å². The van der Waals surface area contributed by atoms with Crippen molar-refractivity contribution in [1.29, 1.82) is 5.26 Å². The topological polar surface area (TPSA) is 140 Å². The Morgan fingerprint density at radius 2 is 1.95 bits per heavy atom. The highest BCUT2D eigenvalue weighted by Gasteiger charge is 2.50. The number of rotatable bonds is 10. The fourth-order valence-electron chi connectivity index (χ4n) is 4.55. The summed E-state index contributed by atoms with van der Waals surface area (Å²) in [5, 5.41) is 25.5. The number of pyridine rings is 1. The van der Waals surface area contributed by atoms with E-state index in [9.17, 15) is 22.8 Å². The molecule has 0 bridgehead atoms. The van der Waals surface area contributed by atoms with Gasteiger partial charge >= 0.3 is 6.18 Å². The van der Waals surface area contributed by atoms with E-state index in [0.717, 1.165) is 17.5 Å². The van der Waals surface area contributed by atoms with Crippen LogP contribution in [0, 0.1) is 17.1 Å². The molecular formula is C27H26F4N8O3S. The summed E-state index contributed by atoms with van der Waals surface area (Å²) in [6.07, 6.45) is -0.00906. The molecule has 16 heteroatoms. The lowest BCUT2D eigenvalue weighted by Crippen LogP contribution is -2.43. The number of thiocarbonyl (C=S) groups is 1. The summed E-state index contributed by atoms with van der Waals surface area (Å²) < 4.78 is 57.5. The molecule has 1 aliphatic rings. The SMILES string of the molecule is CC1(C)C(=O)N(c2cnc(C#N)c(C(F)(F)F)c2)C(=S)N1Cc1ccc(-c2cn(CCCCCC(=O)NO)nn2)cc1F. The number of hydrogen-bond acceptors (Lipinski definition) is 8. The molecular weight excluding hydrogens is 592 g/mol. The lowest BCUT2D eigenvalue weighted by atomic mass is 10.0. The van der Waals surface area contributed by atoms with Crippen LogP contribution in [0.3, 0.4) is 0 Å². The number of unbranched alkanes of at least 4 members (excludes halogenated alkanes) is 2. The van der Waals surface area contributed by atoms with Gasteiger partial charge in [-0.2, -0.15) is 18.4 Å². The molecule has 1 aromatic carbocycles. The summed E-state index contributed by atoms with van der Waals surface area (Å²) in [5.41, 5.74) is -1.08. The Morgan fingerprint density at radius 1 is 1.21 bits per heavy atom. The minimum atomic E-state index is -4.88. The van der Waals surface area contributed by atoms with Gasteiger partial charge in [0.15, 0.2) is 10.8 Å². The number of halogens is 4. The van der Waals surface area contributed by atoms with E-state index >= 15 is 4.39 Å². The molecule has 0 saturated carbocycles. The Hall–Kier alpha value is -4.49. The molecule has 3 aromatic rings. The lowest BCUT2D eigenvalue weighted by Gasteiger charge is -2.29. The van der Waals surface area contributed by atoms with Crippen LogP contribution < -0.4 is 10.4 Å². The van der Waals surface area contributed by atoms with Crippen molar-refractivity contribution in [3.05, 3.63) is 59.3 Å². The molecule has 1 fully saturated rings. The highest BCUT2D eigenvalue weighted by atomic mass is 32.1. The van der Waals surface area contributed by atoms with Gasteiger partial charge in [-0.05, 0) is 51.0 Å². The quantitative estimate of drug-likeness (QED) is 0.112. The van der Waals surface area contributed by atoms with Crippen LogP contribution in [0.5, 0.6) is 0 Å². The van der Waals surface area contributed by atoms with Gasteiger partial charge in [0.25, 0.3) is 5.91 Å². The summed E-state index contributed by atoms with van der Waals surface area (Å²) in [4.78, 5) is 30.3. The van der Waals surface area contributed by atoms with Gasteiger partial charge in [0.2, 0.25) is 5.91 Å². The molecule has 2 N–H and O–H groups in total. The van der Waals surface area contributed by atoms with Crippen LogP contribution in [-0.4, -0.2) is 52.6 Å². The number of aryl methyl sites for hydroxylation is 1. The second-order valence-electron chi connectivity index (χ2n) is 10.3. The Balaban J connectivity index is 1.48. The summed E-state index contributed by atoms with van der Waals surface area (Å²) in [7, 11) is 0. The highest BCUT2D eigenvalue weighted by Crippen LogP contribution is 2.38. The van der Waals surface area contributed by atoms with Crippen molar-refractivity contribution in [3.8, 4) is 17.3 Å². The molecule has 0 unspecified atom stereocenters. The first-order valence-electron chi connectivity index (χ1n) is 13.0. The molecule has 0 atom stereocenters. The van der Waals surface area contributed by atoms with E-state index in [-0.39, 0.29) is 29.3 Å². The normalized spacial score (nSPS) is 14.7. The molecule has 1 aliphatic heterocycles. The number of hydroxylamine groups is 1. The molecule has 4 rings (SSSR count). The number of hydrogen-bond donors (Lipinski definition) is 2. The minimum absolute atomic E-state index is 0.141. The molecule has 0 spiro atoms. The molecule has 1 saturated heterocycles. The monoisotopic (exact) mass is 618 g/mol. The van der Waals surface area contributed by atoms with Crippen molar-refractivity contribution in [2.45, 2.75) is 64.3 Å². The fourth-order valence-corrected chi connectivity index (χ4v) is 5.03. The van der Waals surface area contributed by atoms with Crippen LogP contribution in [0.25, 0.3) is 11.3 Å². The van der Waals surface area contributed by atoms with Gasteiger partial charge in [0.1, 0.15) is 23.1 Å². The van der Waals surface area contributed by atoms with Crippen molar-refractivity contribution in [3.63, 3.8) is 0 Å². The van der Waals surface area contributed by atoms with Gasteiger partial charge in [0.05, 0.1) is 23.6 Å². The maximum absolute atomic E-state index is 15.3. The standard InChI is InChI=1S/C27H26F4N8O3S/c1-26(2)24(41)39(18-11-19(27(29,30)31)21(12-32)33-13-18)25(43)38(26)14-17-8-7-16(10-20(17)28)22-15-37(36-34-22)9-5-3-4-6-23(40)35-42/h7-8,10-11,13,15,42H,3-6,9,14H2,1-2H3,(H,35,40). The predicted molar refractivity (Wildman–Crippen MR) is 147 cm³/mol. The number of carbonyl (C=O) groups excluding carboxylic acids is 2. The zero-order chi connectivity index (χ0) is 31.5. The fraction of sp³-hybridized carbons (Fsp3) is 0.370. The number of benzene rings is 1. The van der Waals surface area contributed by atoms with E-state index in [1.165, 1.54) is 36.9 Å². The van der Waals surface area contributed by atoms with E-state index in [1.807, 2.05) is 0 Å². The van der Waals surface area contributed by atoms with Crippen molar-refractivity contribution in [2.75, 3.05) is 4.90 Å². The van der Waals surface area contributed by atoms with Gasteiger partial charge in [-0.1, -0.05) is 23.8 Å². The molecule has 3 heterocycles. The Bertz CT molecular complexity index is 1600. The molecule has 11 nitrogen and oxygen atoms in total. The average Bonchev–Trinajstić information content (AvgIpc) is 3.50. The second-order valence-corrected chi connectivity index (χ2v) is 10.7. The lowest BCUT2D eigenvalue weighted by molar-refractivity contribution is -0.138. The number of nitrogens with one attached hydrogen (secondary N) is 1. The van der Waals surface area contributed by atoms with Gasteiger partial charge in [-0.15, -0.1) is 5.10 Å². The molecule has 0 radical (unpaired) electrons. The predicted octanol–water partition coefficient (Wildman–Crippen LogP) is 4.35. The van der Waals surface area contributed by atoms with Crippen LogP contribution in [0.15, 0.2) is 36.7 Å². The third kappa shape index (κ3) is 6.62. The number of alkyl halides is 3. The average molecular weight is 619 g/mol. The first kappa shape index (κ1) is 31.4. The second kappa shape index (κ2) is 12.4. The molecule has 226 valence electrons. The summed E-state index contributed by atoms with van der Waals surface area (Å²) in [5.74, 6) is -1.70. The van der Waals surface area contributed by atoms with Crippen molar-refractivity contribution < 1.29 is 32.4 Å². The summed E-state index contributed by atoms with van der Waals surface area (Å²) in [6, 6.07) is 6.45. The molecule has 2 amide bonds. The smallest absolute Gasteiger partial charge is 0.330 e. The molecule has 0 aliphatic carbocycles. The van der Waals surface area contributed by atoms with E-state index in [0.29, 0.717) is 36.7 Å². The van der Waals surface area contributed by atoms with Crippen molar-refractivity contribution in [1.82, 2.24) is 30.4 Å². The largest absolute Gasteiger partial charge is 0.419 e. The van der Waals surface area contributed by atoms with Crippen LogP contribution in [0.2, 0.25) is 0 Å². The van der Waals surface area contributed by atoms with Gasteiger partial charge in [0, 0.05) is 30.6 Å². The van der Waals surface area contributed by atoms with E-state index in [2.05, 4.69) is 15.3 Å². The van der Waals surface area contributed by atoms with E-state index < -0.39 is 40.6 Å². The number of carbonyl (C=O) groups is 2. The third-order valence-corrected chi connectivity index (χ3v) is 7.40. The Morgan fingerprint density at radius 3 is 2.60 bits per heavy atom. The van der Waals surface area contributed by atoms with Crippen LogP contribution >= 0.6 is 12.2 Å². The Labute approximate surface area is 248 Å². The van der Waals surface area contributed by atoms with Crippen LogP contribution in [0.1, 0.15) is 56.4 Å². The zero-order valence-electron chi connectivity index (χ0n) is 23.0. The zero-order valence-corrected chi connectivity index (χ0v) is 23.8. The van der Waals surface area contributed by atoms with E-state index in [1.54, 1.807) is 22.4 Å². The maximum atomic E-state index is 15.3. The summed E-state index contributed by atoms with van der Waals surface area (Å²) in [6.45, 7) is 3.42. The first-order valence-corrected chi connectivity index (χ1v) is 13.4. The molecule has 2 aromatic heterocycles. The van der Waals surface area contributed by atoms with Crippen LogP contribution in [-0.2, 0) is 28.9 Å². The van der Waals surface area contributed by atoms with Crippen molar-refractivity contribution in [2.24, 2.45) is 0 Å². The number of nitrogens with zero attached hydrogens (tertiary/aromatic N) is 7. The molecule has 43 heavy (non-hydrogen) atoms. The van der Waals surface area contributed by atoms with Crippen LogP contribution in [0.4, 0.5) is 23.2 Å². The number of amides is 2. The maximum Gasteiger partial charge on any atom is 0.419 e. The Kier molecular flexibility index (Phi) is 9.07. The van der Waals surface area contributed by atoms with Gasteiger partial charge < -0.3 is 4.90 Å². The third-order valence-electron chi connectivity index (χ3n) is 7.00. The van der Waals surface area contributed by atoms with E-state index in [4.69, 9.17) is 22.7 Å².